The minimum absolute atomic E-state index is 0.180. The van der Waals surface area contributed by atoms with Gasteiger partial charge in [-0.15, -0.1) is 0 Å². The molecule has 0 saturated heterocycles. The number of nitrogen functional groups attached to an aromatic ring is 1. The predicted molar refractivity (Wildman–Crippen MR) is 65.0 cm³/mol. The van der Waals surface area contributed by atoms with Crippen molar-refractivity contribution in [2.75, 3.05) is 18.1 Å². The Balaban J connectivity index is 2.27. The quantitative estimate of drug-likeness (QED) is 0.532. The molecule has 8 heteroatoms. The number of nitrogens with two attached hydrogens (primary N) is 1. The minimum atomic E-state index is -0.289. The molecule has 7 nitrogen and oxygen atoms in total. The fourth-order valence-electron chi connectivity index (χ4n) is 1.12. The van der Waals surface area contributed by atoms with E-state index < -0.39 is 0 Å². The first-order valence-corrected chi connectivity index (χ1v) is 5.54. The molecule has 2 aromatic rings. The van der Waals surface area contributed by atoms with Gasteiger partial charge in [0.2, 0.25) is 5.95 Å². The summed E-state index contributed by atoms with van der Waals surface area (Å²) in [5, 5.41) is 3.89. The van der Waals surface area contributed by atoms with Gasteiger partial charge in [-0.05, 0) is 17.8 Å². The molecule has 0 radical (unpaired) electrons. The van der Waals surface area contributed by atoms with Gasteiger partial charge in [-0.1, -0.05) is 0 Å². The second kappa shape index (κ2) is 4.83. The first-order valence-electron chi connectivity index (χ1n) is 4.73. The lowest BCUT2D eigenvalue weighted by atomic mass is 10.6. The van der Waals surface area contributed by atoms with Gasteiger partial charge in [0.25, 0.3) is 5.56 Å². The van der Waals surface area contributed by atoms with Crippen LogP contribution in [0.2, 0.25) is 0 Å². The smallest absolute Gasteiger partial charge is 0.253 e. The second-order valence-electron chi connectivity index (χ2n) is 3.05. The van der Waals surface area contributed by atoms with Crippen molar-refractivity contribution in [3.8, 4) is 0 Å². The number of rotatable bonds is 3. The number of H-pyrrole nitrogens is 1. The Kier molecular flexibility index (Phi) is 3.24. The summed E-state index contributed by atoms with van der Waals surface area (Å²) >= 11 is 1.21. The Morgan fingerprint density at radius 1 is 1.47 bits per heavy atom. The molecule has 0 unspecified atom stereocenters. The van der Waals surface area contributed by atoms with Crippen molar-refractivity contribution >= 4 is 23.5 Å². The van der Waals surface area contributed by atoms with Gasteiger partial charge in [0.15, 0.2) is 5.16 Å². The summed E-state index contributed by atoms with van der Waals surface area (Å²) in [6.45, 7) is 0. The fourth-order valence-corrected chi connectivity index (χ4v) is 1.88. The Morgan fingerprint density at radius 2 is 2.29 bits per heavy atom. The van der Waals surface area contributed by atoms with Crippen LogP contribution in [0.1, 0.15) is 0 Å². The SMILES string of the molecule is CNc1nccc(Sc2nc(N)cc(=O)[nH]2)n1. The average Bonchev–Trinajstić information content (AvgIpc) is 2.28. The summed E-state index contributed by atoms with van der Waals surface area (Å²) in [6.07, 6.45) is 1.62. The van der Waals surface area contributed by atoms with Crippen LogP contribution in [-0.2, 0) is 0 Å². The van der Waals surface area contributed by atoms with Crippen molar-refractivity contribution in [2.24, 2.45) is 0 Å². The van der Waals surface area contributed by atoms with E-state index in [0.717, 1.165) is 0 Å². The Morgan fingerprint density at radius 3 is 3.00 bits per heavy atom. The molecule has 0 aliphatic rings. The second-order valence-corrected chi connectivity index (χ2v) is 4.06. The number of hydrogen-bond donors (Lipinski definition) is 3. The highest BCUT2D eigenvalue weighted by molar-refractivity contribution is 7.99. The van der Waals surface area contributed by atoms with E-state index in [4.69, 9.17) is 5.73 Å². The fraction of sp³-hybridized carbons (Fsp3) is 0.111. The molecule has 88 valence electrons. The molecule has 0 atom stereocenters. The van der Waals surface area contributed by atoms with Crippen LogP contribution in [0.3, 0.4) is 0 Å². The minimum Gasteiger partial charge on any atom is -0.383 e. The molecule has 0 fully saturated rings. The molecule has 4 N–H and O–H groups in total. The summed E-state index contributed by atoms with van der Waals surface area (Å²) in [6, 6.07) is 2.94. The molecule has 0 aliphatic heterocycles. The molecule has 17 heavy (non-hydrogen) atoms. The highest BCUT2D eigenvalue weighted by atomic mass is 32.2. The monoisotopic (exact) mass is 250 g/mol. The van der Waals surface area contributed by atoms with Crippen LogP contribution in [0.4, 0.5) is 11.8 Å². The van der Waals surface area contributed by atoms with E-state index in [1.807, 2.05) is 0 Å². The number of anilines is 2. The largest absolute Gasteiger partial charge is 0.383 e. The molecule has 0 spiro atoms. The standard InChI is InChI=1S/C9H10N6OS/c1-11-8-12-3-2-7(15-8)17-9-13-5(10)4-6(16)14-9/h2-4H,1H3,(H,11,12,15)(H3,10,13,14,16). The maximum absolute atomic E-state index is 11.2. The number of aromatic nitrogens is 4. The highest BCUT2D eigenvalue weighted by Gasteiger charge is 2.04. The number of nitrogens with one attached hydrogen (secondary N) is 2. The van der Waals surface area contributed by atoms with Crippen LogP contribution in [0.15, 0.2) is 33.3 Å². The van der Waals surface area contributed by atoms with Crippen molar-refractivity contribution < 1.29 is 0 Å². The van der Waals surface area contributed by atoms with Crippen molar-refractivity contribution in [1.29, 1.82) is 0 Å². The van der Waals surface area contributed by atoms with E-state index in [1.165, 1.54) is 17.8 Å². The third-order valence-corrected chi connectivity index (χ3v) is 2.62. The van der Waals surface area contributed by atoms with Gasteiger partial charge in [0.05, 0.1) is 0 Å². The Bertz CT molecular complexity index is 584. The van der Waals surface area contributed by atoms with Crippen molar-refractivity contribution in [2.45, 2.75) is 10.2 Å². The van der Waals surface area contributed by atoms with Gasteiger partial charge in [0, 0.05) is 19.3 Å². The summed E-state index contributed by atoms with van der Waals surface area (Å²) < 4.78 is 0. The van der Waals surface area contributed by atoms with Crippen LogP contribution in [0, 0.1) is 0 Å². The first kappa shape index (κ1) is 11.4. The van der Waals surface area contributed by atoms with Crippen LogP contribution < -0.4 is 16.6 Å². The normalized spacial score (nSPS) is 10.2. The van der Waals surface area contributed by atoms with Crippen LogP contribution in [0.25, 0.3) is 0 Å². The van der Waals surface area contributed by atoms with E-state index in [-0.39, 0.29) is 11.4 Å². The number of nitrogens with zero attached hydrogens (tertiary/aromatic N) is 3. The molecule has 2 aromatic heterocycles. The van der Waals surface area contributed by atoms with E-state index in [2.05, 4.69) is 25.3 Å². The van der Waals surface area contributed by atoms with Gasteiger partial charge in [0.1, 0.15) is 10.8 Å². The molecular weight excluding hydrogens is 240 g/mol. The molecule has 2 rings (SSSR count). The molecule has 0 aromatic carbocycles. The number of hydrogen-bond acceptors (Lipinski definition) is 7. The highest BCUT2D eigenvalue weighted by Crippen LogP contribution is 2.22. The molecule has 0 aliphatic carbocycles. The zero-order valence-corrected chi connectivity index (χ0v) is 9.78. The van der Waals surface area contributed by atoms with Crippen molar-refractivity contribution in [1.82, 2.24) is 19.9 Å². The lowest BCUT2D eigenvalue weighted by molar-refractivity contribution is 0.937. The zero-order chi connectivity index (χ0) is 12.3. The Labute approximate surface area is 101 Å². The van der Waals surface area contributed by atoms with Crippen LogP contribution in [0.5, 0.6) is 0 Å². The van der Waals surface area contributed by atoms with E-state index in [9.17, 15) is 4.79 Å². The lowest BCUT2D eigenvalue weighted by Crippen LogP contribution is -2.09. The number of aromatic amines is 1. The average molecular weight is 250 g/mol. The third-order valence-electron chi connectivity index (χ3n) is 1.79. The van der Waals surface area contributed by atoms with Gasteiger partial charge in [-0.2, -0.15) is 0 Å². The van der Waals surface area contributed by atoms with E-state index in [1.54, 1.807) is 19.3 Å². The van der Waals surface area contributed by atoms with Gasteiger partial charge in [-0.25, -0.2) is 15.0 Å². The van der Waals surface area contributed by atoms with Crippen LogP contribution >= 0.6 is 11.8 Å². The van der Waals surface area contributed by atoms with E-state index >= 15 is 0 Å². The van der Waals surface area contributed by atoms with Crippen molar-refractivity contribution in [3.05, 3.63) is 28.7 Å². The Hall–Kier alpha value is -2.09. The predicted octanol–water partition coefficient (Wildman–Crippen LogP) is 0.335. The van der Waals surface area contributed by atoms with E-state index in [0.29, 0.717) is 16.1 Å². The summed E-state index contributed by atoms with van der Waals surface area (Å²) in [5.74, 6) is 0.681. The van der Waals surface area contributed by atoms with Crippen molar-refractivity contribution in [3.63, 3.8) is 0 Å². The summed E-state index contributed by atoms with van der Waals surface area (Å²) in [7, 11) is 1.73. The summed E-state index contributed by atoms with van der Waals surface area (Å²) in [5.41, 5.74) is 5.19. The van der Waals surface area contributed by atoms with Gasteiger partial charge >= 0.3 is 0 Å². The molecule has 0 bridgehead atoms. The third kappa shape index (κ3) is 2.94. The maximum atomic E-state index is 11.2. The maximum Gasteiger partial charge on any atom is 0.253 e. The molecule has 2 heterocycles. The van der Waals surface area contributed by atoms with Gasteiger partial charge < -0.3 is 16.0 Å². The van der Waals surface area contributed by atoms with Gasteiger partial charge in [-0.3, -0.25) is 4.79 Å². The molecule has 0 saturated carbocycles. The lowest BCUT2D eigenvalue weighted by Gasteiger charge is -2.02. The van der Waals surface area contributed by atoms with Crippen LogP contribution in [-0.4, -0.2) is 27.0 Å². The topological polar surface area (TPSA) is 110 Å². The summed E-state index contributed by atoms with van der Waals surface area (Å²) in [4.78, 5) is 25.9. The molecule has 0 amide bonds. The zero-order valence-electron chi connectivity index (χ0n) is 8.97. The molecular formula is C9H10N6OS. The first-order chi connectivity index (χ1) is 8.17.